The van der Waals surface area contributed by atoms with Crippen LogP contribution >= 0.6 is 10.7 Å². The molecule has 1 amide bonds. The van der Waals surface area contributed by atoms with E-state index in [1.807, 2.05) is 0 Å². The van der Waals surface area contributed by atoms with Crippen molar-refractivity contribution < 1.29 is 22.7 Å². The van der Waals surface area contributed by atoms with Gasteiger partial charge in [0.25, 0.3) is 0 Å². The van der Waals surface area contributed by atoms with Gasteiger partial charge in [0.05, 0.1) is 18.4 Å². The molecule has 0 aromatic heterocycles. The fourth-order valence-electron chi connectivity index (χ4n) is 2.61. The van der Waals surface area contributed by atoms with Gasteiger partial charge in [0.15, 0.2) is 0 Å². The number of benzene rings is 1. The number of carbonyl (C=O) groups excluding carboxylic acids is 2. The Hall–Kier alpha value is -1.60. The van der Waals surface area contributed by atoms with Gasteiger partial charge in [-0.2, -0.15) is 0 Å². The van der Waals surface area contributed by atoms with E-state index in [1.54, 1.807) is 25.1 Å². The Morgan fingerprint density at radius 2 is 2.14 bits per heavy atom. The zero-order chi connectivity index (χ0) is 16.5. The van der Waals surface area contributed by atoms with Crippen LogP contribution in [-0.4, -0.2) is 39.7 Å². The Labute approximate surface area is 133 Å². The molecule has 1 aliphatic heterocycles. The minimum absolute atomic E-state index is 0.143. The number of ether oxygens (including phenoxy) is 1. The summed E-state index contributed by atoms with van der Waals surface area (Å²) in [6.45, 7) is 2.07. The molecular weight excluding hydrogens is 330 g/mol. The second-order valence-electron chi connectivity index (χ2n) is 5.27. The fourth-order valence-corrected chi connectivity index (χ4v) is 3.93. The standard InChI is InChI=1S/C14H16ClNO5S/c1-9-5-11(14(18)21-2)3-4-12(9)16-7-10(6-13(16)17)8-22(15,19)20/h3-5,10H,6-8H2,1-2H3. The maximum atomic E-state index is 12.1. The van der Waals surface area contributed by atoms with Crippen molar-refractivity contribution in [2.45, 2.75) is 13.3 Å². The first-order chi connectivity index (χ1) is 10.2. The third-order valence-electron chi connectivity index (χ3n) is 3.55. The van der Waals surface area contributed by atoms with Gasteiger partial charge in [0, 0.05) is 35.3 Å². The van der Waals surface area contributed by atoms with Crippen molar-refractivity contribution in [3.8, 4) is 0 Å². The van der Waals surface area contributed by atoms with Gasteiger partial charge < -0.3 is 9.64 Å². The highest BCUT2D eigenvalue weighted by molar-refractivity contribution is 8.13. The van der Waals surface area contributed by atoms with E-state index in [4.69, 9.17) is 10.7 Å². The predicted octanol–water partition coefficient (Wildman–Crippen LogP) is 1.70. The van der Waals surface area contributed by atoms with Crippen molar-refractivity contribution in [1.82, 2.24) is 0 Å². The molecule has 0 saturated carbocycles. The average Bonchev–Trinajstić information content (AvgIpc) is 2.76. The maximum absolute atomic E-state index is 12.1. The van der Waals surface area contributed by atoms with Gasteiger partial charge in [-0.15, -0.1) is 0 Å². The van der Waals surface area contributed by atoms with E-state index in [-0.39, 0.29) is 24.0 Å². The molecule has 1 fully saturated rings. The van der Waals surface area contributed by atoms with Crippen molar-refractivity contribution in [3.05, 3.63) is 29.3 Å². The molecule has 0 radical (unpaired) electrons. The van der Waals surface area contributed by atoms with Crippen molar-refractivity contribution in [2.75, 3.05) is 24.3 Å². The molecule has 0 spiro atoms. The number of hydrogen-bond acceptors (Lipinski definition) is 5. The normalized spacial score (nSPS) is 18.6. The summed E-state index contributed by atoms with van der Waals surface area (Å²) in [6.07, 6.45) is 0.143. The van der Waals surface area contributed by atoms with Crippen LogP contribution in [0.2, 0.25) is 0 Å². The van der Waals surface area contributed by atoms with Gasteiger partial charge in [-0.1, -0.05) is 0 Å². The van der Waals surface area contributed by atoms with Gasteiger partial charge in [-0.3, -0.25) is 4.79 Å². The van der Waals surface area contributed by atoms with Gasteiger partial charge >= 0.3 is 5.97 Å². The molecule has 1 aromatic carbocycles. The van der Waals surface area contributed by atoms with Crippen LogP contribution in [0.4, 0.5) is 5.69 Å². The predicted molar refractivity (Wildman–Crippen MR) is 82.6 cm³/mol. The van der Waals surface area contributed by atoms with Gasteiger partial charge in [-0.25, -0.2) is 13.2 Å². The summed E-state index contributed by atoms with van der Waals surface area (Å²) in [5, 5.41) is 0. The first-order valence-corrected chi connectivity index (χ1v) is 9.11. The van der Waals surface area contributed by atoms with Crippen LogP contribution < -0.4 is 4.90 Å². The van der Waals surface area contributed by atoms with Crippen LogP contribution in [0.15, 0.2) is 18.2 Å². The Morgan fingerprint density at radius 1 is 1.45 bits per heavy atom. The summed E-state index contributed by atoms with van der Waals surface area (Å²) in [6, 6.07) is 4.88. The molecule has 1 saturated heterocycles. The molecule has 120 valence electrons. The SMILES string of the molecule is COC(=O)c1ccc(N2CC(CS(=O)(=O)Cl)CC2=O)c(C)c1. The smallest absolute Gasteiger partial charge is 0.337 e. The van der Waals surface area contributed by atoms with E-state index in [2.05, 4.69) is 4.74 Å². The van der Waals surface area contributed by atoms with Crippen molar-refractivity contribution in [3.63, 3.8) is 0 Å². The van der Waals surface area contributed by atoms with E-state index < -0.39 is 15.0 Å². The summed E-state index contributed by atoms with van der Waals surface area (Å²) in [4.78, 5) is 25.1. The highest BCUT2D eigenvalue weighted by Crippen LogP contribution is 2.29. The quantitative estimate of drug-likeness (QED) is 0.613. The van der Waals surface area contributed by atoms with E-state index in [1.165, 1.54) is 12.0 Å². The van der Waals surface area contributed by atoms with Crippen LogP contribution in [0, 0.1) is 12.8 Å². The summed E-state index contributed by atoms with van der Waals surface area (Å²) in [7, 11) is 2.91. The molecular formula is C14H16ClNO5S. The maximum Gasteiger partial charge on any atom is 0.337 e. The van der Waals surface area contributed by atoms with Crippen LogP contribution in [0.3, 0.4) is 0 Å². The third kappa shape index (κ3) is 3.78. The second-order valence-corrected chi connectivity index (χ2v) is 8.09. The lowest BCUT2D eigenvalue weighted by atomic mass is 10.1. The minimum atomic E-state index is -3.64. The lowest BCUT2D eigenvalue weighted by molar-refractivity contribution is -0.117. The Bertz CT molecular complexity index is 716. The molecule has 1 unspecified atom stereocenters. The Balaban J connectivity index is 2.22. The second kappa shape index (κ2) is 6.26. The first kappa shape index (κ1) is 16.8. The number of methoxy groups -OCH3 is 1. The summed E-state index contributed by atoms with van der Waals surface area (Å²) in [5.74, 6) is -1.15. The van der Waals surface area contributed by atoms with Gasteiger partial charge in [0.2, 0.25) is 15.0 Å². The minimum Gasteiger partial charge on any atom is -0.465 e. The number of halogens is 1. The summed E-state index contributed by atoms with van der Waals surface area (Å²) >= 11 is 0. The molecule has 22 heavy (non-hydrogen) atoms. The topological polar surface area (TPSA) is 80.8 Å². The number of amides is 1. The van der Waals surface area contributed by atoms with Gasteiger partial charge in [-0.05, 0) is 30.7 Å². The third-order valence-corrected chi connectivity index (χ3v) is 4.80. The Kier molecular flexibility index (Phi) is 4.77. The molecule has 0 aliphatic carbocycles. The largest absolute Gasteiger partial charge is 0.465 e. The molecule has 1 aromatic rings. The molecule has 2 rings (SSSR count). The molecule has 6 nitrogen and oxygen atoms in total. The van der Waals surface area contributed by atoms with E-state index in [0.29, 0.717) is 17.8 Å². The average molecular weight is 346 g/mol. The molecule has 1 atom stereocenters. The molecule has 1 heterocycles. The van der Waals surface area contributed by atoms with Crippen LogP contribution in [-0.2, 0) is 18.6 Å². The number of rotatable bonds is 4. The van der Waals surface area contributed by atoms with E-state index >= 15 is 0 Å². The number of hydrogen-bond donors (Lipinski definition) is 0. The molecule has 0 N–H and O–H groups in total. The lowest BCUT2D eigenvalue weighted by Crippen LogP contribution is -2.26. The zero-order valence-corrected chi connectivity index (χ0v) is 13.8. The zero-order valence-electron chi connectivity index (χ0n) is 12.2. The lowest BCUT2D eigenvalue weighted by Gasteiger charge is -2.19. The first-order valence-electron chi connectivity index (χ1n) is 6.63. The van der Waals surface area contributed by atoms with Gasteiger partial charge in [0.1, 0.15) is 0 Å². The fraction of sp³-hybridized carbons (Fsp3) is 0.429. The molecule has 1 aliphatic rings. The molecule has 0 bridgehead atoms. The summed E-state index contributed by atoms with van der Waals surface area (Å²) in [5.41, 5.74) is 1.80. The van der Waals surface area contributed by atoms with Crippen molar-refractivity contribution in [1.29, 1.82) is 0 Å². The summed E-state index contributed by atoms with van der Waals surface area (Å²) < 4.78 is 26.9. The number of carbonyl (C=O) groups is 2. The number of anilines is 1. The highest BCUT2D eigenvalue weighted by Gasteiger charge is 2.33. The molecule has 8 heteroatoms. The Morgan fingerprint density at radius 3 is 2.68 bits per heavy atom. The van der Waals surface area contributed by atoms with Crippen LogP contribution in [0.1, 0.15) is 22.3 Å². The van der Waals surface area contributed by atoms with E-state index in [9.17, 15) is 18.0 Å². The number of nitrogens with zero attached hydrogens (tertiary/aromatic N) is 1. The number of aryl methyl sites for hydroxylation is 1. The van der Waals surface area contributed by atoms with Crippen LogP contribution in [0.5, 0.6) is 0 Å². The van der Waals surface area contributed by atoms with Crippen molar-refractivity contribution >= 4 is 37.3 Å². The van der Waals surface area contributed by atoms with Crippen molar-refractivity contribution in [2.24, 2.45) is 5.92 Å². The van der Waals surface area contributed by atoms with Crippen LogP contribution in [0.25, 0.3) is 0 Å². The monoisotopic (exact) mass is 345 g/mol. The van der Waals surface area contributed by atoms with E-state index in [0.717, 1.165) is 5.56 Å². The number of esters is 1. The highest BCUT2D eigenvalue weighted by atomic mass is 35.7.